The Kier molecular flexibility index (Phi) is 9.76. The van der Waals surface area contributed by atoms with Gasteiger partial charge in [-0.1, -0.05) is 18.2 Å². The molecule has 0 aliphatic rings. The van der Waals surface area contributed by atoms with Crippen LogP contribution in [-0.2, 0) is 27.3 Å². The normalized spacial score (nSPS) is 11.9. The standard InChI is InChI=1S/C28H35NO7/c1-7-33-26(28(30)34-8-2)13-19-11-9-10-12-23(19)35-17-20-16-29-22-15-25(32-6)24(31-5)14-21(22)27(20)36-18(3)4/h9-12,14-16,18,26H,7-8,13,17H2,1-6H3. The first-order chi connectivity index (χ1) is 17.4. The quantitative estimate of drug-likeness (QED) is 0.301. The van der Waals surface area contributed by atoms with E-state index in [2.05, 4.69) is 4.98 Å². The van der Waals surface area contributed by atoms with E-state index in [9.17, 15) is 4.79 Å². The lowest BCUT2D eigenvalue weighted by molar-refractivity contribution is -0.156. The molecule has 1 unspecified atom stereocenters. The van der Waals surface area contributed by atoms with Crippen molar-refractivity contribution in [1.29, 1.82) is 0 Å². The number of benzene rings is 2. The SMILES string of the molecule is CCOC(=O)C(Cc1ccccc1OCc1cnc2cc(OC)c(OC)cc2c1OC(C)C)OCC. The predicted octanol–water partition coefficient (Wildman–Crippen LogP) is 5.13. The first-order valence-corrected chi connectivity index (χ1v) is 12.1. The lowest BCUT2D eigenvalue weighted by Crippen LogP contribution is -2.29. The number of ether oxygens (including phenoxy) is 6. The lowest BCUT2D eigenvalue weighted by atomic mass is 10.1. The number of carbonyl (C=O) groups excluding carboxylic acids is 1. The number of rotatable bonds is 13. The van der Waals surface area contributed by atoms with Gasteiger partial charge in [0.2, 0.25) is 0 Å². The summed E-state index contributed by atoms with van der Waals surface area (Å²) in [5, 5.41) is 0.800. The van der Waals surface area contributed by atoms with E-state index in [1.54, 1.807) is 27.3 Å². The molecular formula is C28H35NO7. The number of hydrogen-bond acceptors (Lipinski definition) is 8. The van der Waals surface area contributed by atoms with Gasteiger partial charge in [0.05, 0.1) is 38.0 Å². The fourth-order valence-corrected chi connectivity index (χ4v) is 3.83. The number of pyridine rings is 1. The third-order valence-electron chi connectivity index (χ3n) is 5.43. The molecule has 1 aromatic heterocycles. The van der Waals surface area contributed by atoms with Crippen molar-refractivity contribution in [2.24, 2.45) is 0 Å². The molecule has 0 saturated carbocycles. The molecule has 0 N–H and O–H groups in total. The van der Waals surface area contributed by atoms with Crippen LogP contribution in [0.4, 0.5) is 0 Å². The summed E-state index contributed by atoms with van der Waals surface area (Å²) in [6, 6.07) is 11.3. The van der Waals surface area contributed by atoms with Gasteiger partial charge in [0.15, 0.2) is 17.6 Å². The molecule has 0 radical (unpaired) electrons. The first-order valence-electron chi connectivity index (χ1n) is 12.1. The second-order valence-corrected chi connectivity index (χ2v) is 8.30. The Balaban J connectivity index is 1.92. The number of hydrogen-bond donors (Lipinski definition) is 0. The molecule has 0 bridgehead atoms. The maximum atomic E-state index is 12.4. The van der Waals surface area contributed by atoms with Crippen LogP contribution in [0, 0.1) is 0 Å². The molecule has 0 spiro atoms. The van der Waals surface area contributed by atoms with Gasteiger partial charge >= 0.3 is 5.97 Å². The Morgan fingerprint density at radius 1 is 0.944 bits per heavy atom. The largest absolute Gasteiger partial charge is 0.493 e. The molecule has 194 valence electrons. The Morgan fingerprint density at radius 2 is 1.67 bits per heavy atom. The smallest absolute Gasteiger partial charge is 0.335 e. The summed E-state index contributed by atoms with van der Waals surface area (Å²) in [6.45, 7) is 8.48. The van der Waals surface area contributed by atoms with E-state index < -0.39 is 6.10 Å². The van der Waals surface area contributed by atoms with Crippen LogP contribution < -0.4 is 18.9 Å². The molecule has 0 amide bonds. The molecule has 0 aliphatic carbocycles. The maximum absolute atomic E-state index is 12.4. The summed E-state index contributed by atoms with van der Waals surface area (Å²) in [7, 11) is 3.18. The molecule has 8 nitrogen and oxygen atoms in total. The summed E-state index contributed by atoms with van der Waals surface area (Å²) < 4.78 is 34.2. The van der Waals surface area contributed by atoms with Crippen LogP contribution in [0.25, 0.3) is 10.9 Å². The molecule has 1 heterocycles. The van der Waals surface area contributed by atoms with Crippen LogP contribution in [0.3, 0.4) is 0 Å². The summed E-state index contributed by atoms with van der Waals surface area (Å²) in [5.74, 6) is 2.12. The number of methoxy groups -OCH3 is 2. The maximum Gasteiger partial charge on any atom is 0.335 e. The number of para-hydroxylation sites is 1. The van der Waals surface area contributed by atoms with Crippen molar-refractivity contribution in [3.8, 4) is 23.0 Å². The zero-order valence-corrected chi connectivity index (χ0v) is 21.8. The molecule has 0 fully saturated rings. The van der Waals surface area contributed by atoms with Crippen molar-refractivity contribution in [2.45, 2.75) is 52.9 Å². The molecule has 8 heteroatoms. The van der Waals surface area contributed by atoms with Gasteiger partial charge in [0.1, 0.15) is 18.1 Å². The van der Waals surface area contributed by atoms with Gasteiger partial charge in [-0.05, 0) is 45.4 Å². The van der Waals surface area contributed by atoms with Crippen LogP contribution in [0.15, 0.2) is 42.6 Å². The van der Waals surface area contributed by atoms with Crippen LogP contribution in [0.1, 0.15) is 38.8 Å². The van der Waals surface area contributed by atoms with Crippen LogP contribution in [0.2, 0.25) is 0 Å². The minimum Gasteiger partial charge on any atom is -0.493 e. The number of esters is 1. The van der Waals surface area contributed by atoms with E-state index in [1.165, 1.54) is 0 Å². The lowest BCUT2D eigenvalue weighted by Gasteiger charge is -2.20. The van der Waals surface area contributed by atoms with Gasteiger partial charge in [0, 0.05) is 30.7 Å². The van der Waals surface area contributed by atoms with Crippen LogP contribution in [-0.4, -0.2) is 50.6 Å². The fraction of sp³-hybridized carbons (Fsp3) is 0.429. The number of carbonyl (C=O) groups is 1. The van der Waals surface area contributed by atoms with Crippen molar-refractivity contribution in [3.05, 3.63) is 53.7 Å². The highest BCUT2D eigenvalue weighted by molar-refractivity contribution is 5.89. The highest BCUT2D eigenvalue weighted by atomic mass is 16.6. The predicted molar refractivity (Wildman–Crippen MR) is 137 cm³/mol. The first kappa shape index (κ1) is 27.1. The van der Waals surface area contributed by atoms with E-state index >= 15 is 0 Å². The Hall–Kier alpha value is -3.52. The third kappa shape index (κ3) is 6.57. The van der Waals surface area contributed by atoms with Gasteiger partial charge in [-0.25, -0.2) is 4.79 Å². The number of nitrogens with zero attached hydrogens (tertiary/aromatic N) is 1. The molecule has 0 saturated heterocycles. The number of aromatic nitrogens is 1. The van der Waals surface area contributed by atoms with Crippen molar-refractivity contribution in [1.82, 2.24) is 4.98 Å². The van der Waals surface area contributed by atoms with Crippen molar-refractivity contribution < 1.29 is 33.2 Å². The third-order valence-corrected chi connectivity index (χ3v) is 5.43. The van der Waals surface area contributed by atoms with E-state index in [4.69, 9.17) is 28.4 Å². The van der Waals surface area contributed by atoms with Gasteiger partial charge in [-0.15, -0.1) is 0 Å². The summed E-state index contributed by atoms with van der Waals surface area (Å²) in [4.78, 5) is 17.0. The minimum atomic E-state index is -0.704. The number of fused-ring (bicyclic) bond motifs is 1. The fourth-order valence-electron chi connectivity index (χ4n) is 3.83. The zero-order chi connectivity index (χ0) is 26.1. The van der Waals surface area contributed by atoms with Crippen molar-refractivity contribution in [2.75, 3.05) is 27.4 Å². The van der Waals surface area contributed by atoms with E-state index in [-0.39, 0.29) is 18.7 Å². The average Bonchev–Trinajstić information content (AvgIpc) is 2.87. The molecular weight excluding hydrogens is 462 g/mol. The molecule has 0 aliphatic heterocycles. The summed E-state index contributed by atoms with van der Waals surface area (Å²) in [6.07, 6.45) is 1.32. The van der Waals surface area contributed by atoms with Crippen LogP contribution >= 0.6 is 0 Å². The molecule has 36 heavy (non-hydrogen) atoms. The monoisotopic (exact) mass is 497 g/mol. The molecule has 1 atom stereocenters. The van der Waals surface area contributed by atoms with Crippen molar-refractivity contribution in [3.63, 3.8) is 0 Å². The van der Waals surface area contributed by atoms with Crippen molar-refractivity contribution >= 4 is 16.9 Å². The second-order valence-electron chi connectivity index (χ2n) is 8.30. The van der Waals surface area contributed by atoms with Gasteiger partial charge < -0.3 is 28.4 Å². The van der Waals surface area contributed by atoms with Gasteiger partial charge in [-0.2, -0.15) is 0 Å². The molecule has 2 aromatic carbocycles. The Bertz CT molecular complexity index is 1160. The van der Waals surface area contributed by atoms with Crippen LogP contribution in [0.5, 0.6) is 23.0 Å². The van der Waals surface area contributed by atoms with E-state index in [1.807, 2.05) is 57.2 Å². The van der Waals surface area contributed by atoms with Gasteiger partial charge in [0.25, 0.3) is 0 Å². The van der Waals surface area contributed by atoms with E-state index in [0.29, 0.717) is 42.6 Å². The summed E-state index contributed by atoms with van der Waals surface area (Å²) in [5.41, 5.74) is 2.35. The topological polar surface area (TPSA) is 85.3 Å². The molecule has 3 rings (SSSR count). The molecule has 3 aromatic rings. The van der Waals surface area contributed by atoms with Gasteiger partial charge in [-0.3, -0.25) is 4.98 Å². The highest BCUT2D eigenvalue weighted by Crippen LogP contribution is 2.38. The Labute approximate surface area is 212 Å². The highest BCUT2D eigenvalue weighted by Gasteiger charge is 2.23. The average molecular weight is 498 g/mol. The second kappa shape index (κ2) is 13.0. The minimum absolute atomic E-state index is 0.0636. The Morgan fingerprint density at radius 3 is 2.33 bits per heavy atom. The zero-order valence-electron chi connectivity index (χ0n) is 21.8. The van der Waals surface area contributed by atoms with E-state index in [0.717, 1.165) is 22.0 Å². The summed E-state index contributed by atoms with van der Waals surface area (Å²) >= 11 is 0.